The standard InChI is InChI=1S/C20H20ClN3O/c21-19-9-5-4-8-17(19)11-12-23-15-18(14-22)20(25)24-13-10-16-6-2-1-3-7-16/h1-9,15,23H,10-13H2,(H,24,25)/b18-15-. The summed E-state index contributed by atoms with van der Waals surface area (Å²) in [4.78, 5) is 12.0. The average molecular weight is 354 g/mol. The zero-order valence-electron chi connectivity index (χ0n) is 13.8. The average Bonchev–Trinajstić information content (AvgIpc) is 2.64. The summed E-state index contributed by atoms with van der Waals surface area (Å²) in [6.45, 7) is 1.08. The normalized spacial score (nSPS) is 10.8. The lowest BCUT2D eigenvalue weighted by atomic mass is 10.1. The number of halogens is 1. The second-order valence-corrected chi connectivity index (χ2v) is 5.86. The van der Waals surface area contributed by atoms with E-state index < -0.39 is 0 Å². The highest BCUT2D eigenvalue weighted by atomic mass is 35.5. The van der Waals surface area contributed by atoms with Crippen LogP contribution in [0.3, 0.4) is 0 Å². The van der Waals surface area contributed by atoms with Crippen molar-refractivity contribution >= 4 is 17.5 Å². The molecular weight excluding hydrogens is 334 g/mol. The minimum absolute atomic E-state index is 0.0622. The Labute approximate surface area is 153 Å². The van der Waals surface area contributed by atoms with Crippen LogP contribution in [0.15, 0.2) is 66.4 Å². The van der Waals surface area contributed by atoms with Gasteiger partial charge in [0.1, 0.15) is 11.6 Å². The van der Waals surface area contributed by atoms with E-state index in [2.05, 4.69) is 10.6 Å². The third-order valence-corrected chi connectivity index (χ3v) is 4.02. The van der Waals surface area contributed by atoms with E-state index in [1.807, 2.05) is 60.7 Å². The smallest absolute Gasteiger partial charge is 0.263 e. The monoisotopic (exact) mass is 353 g/mol. The molecule has 2 rings (SSSR count). The quantitative estimate of drug-likeness (QED) is 0.435. The molecule has 2 aromatic carbocycles. The summed E-state index contributed by atoms with van der Waals surface area (Å²) in [7, 11) is 0. The molecule has 0 fully saturated rings. The summed E-state index contributed by atoms with van der Waals surface area (Å²) in [5, 5.41) is 15.6. The van der Waals surface area contributed by atoms with Crippen LogP contribution in [0, 0.1) is 11.3 Å². The third kappa shape index (κ3) is 6.33. The molecular formula is C20H20ClN3O. The SMILES string of the molecule is N#C/C(=C/NCCc1ccccc1Cl)C(=O)NCCc1ccccc1. The molecule has 0 radical (unpaired) electrons. The van der Waals surface area contributed by atoms with Gasteiger partial charge >= 0.3 is 0 Å². The van der Waals surface area contributed by atoms with Gasteiger partial charge in [-0.25, -0.2) is 0 Å². The highest BCUT2D eigenvalue weighted by Crippen LogP contribution is 2.14. The molecule has 0 spiro atoms. The molecule has 128 valence electrons. The summed E-state index contributed by atoms with van der Waals surface area (Å²) >= 11 is 6.09. The van der Waals surface area contributed by atoms with Gasteiger partial charge in [0.15, 0.2) is 0 Å². The fourth-order valence-corrected chi connectivity index (χ4v) is 2.52. The first kappa shape index (κ1) is 18.6. The fourth-order valence-electron chi connectivity index (χ4n) is 2.29. The molecule has 5 heteroatoms. The topological polar surface area (TPSA) is 64.9 Å². The lowest BCUT2D eigenvalue weighted by Crippen LogP contribution is -2.27. The van der Waals surface area contributed by atoms with Gasteiger partial charge in [-0.15, -0.1) is 0 Å². The van der Waals surface area contributed by atoms with E-state index in [1.165, 1.54) is 6.20 Å². The summed E-state index contributed by atoms with van der Waals surface area (Å²) in [6, 6.07) is 19.4. The van der Waals surface area contributed by atoms with Crippen molar-refractivity contribution in [2.24, 2.45) is 0 Å². The van der Waals surface area contributed by atoms with E-state index in [0.29, 0.717) is 24.5 Å². The molecule has 0 aliphatic carbocycles. The first-order valence-corrected chi connectivity index (χ1v) is 8.47. The zero-order valence-corrected chi connectivity index (χ0v) is 14.6. The number of benzene rings is 2. The molecule has 0 aromatic heterocycles. The van der Waals surface area contributed by atoms with E-state index >= 15 is 0 Å². The van der Waals surface area contributed by atoms with E-state index in [1.54, 1.807) is 0 Å². The van der Waals surface area contributed by atoms with Gasteiger partial charge in [-0.3, -0.25) is 4.79 Å². The molecule has 0 bridgehead atoms. The summed E-state index contributed by atoms with van der Waals surface area (Å²) in [5.74, 6) is -0.372. The van der Waals surface area contributed by atoms with Gasteiger partial charge in [-0.1, -0.05) is 60.1 Å². The molecule has 2 aromatic rings. The summed E-state index contributed by atoms with van der Waals surface area (Å²) < 4.78 is 0. The van der Waals surface area contributed by atoms with Crippen LogP contribution >= 0.6 is 11.6 Å². The van der Waals surface area contributed by atoms with Crippen LogP contribution in [0.25, 0.3) is 0 Å². The van der Waals surface area contributed by atoms with Crippen molar-refractivity contribution in [3.05, 3.63) is 82.5 Å². The molecule has 0 atom stereocenters. The van der Waals surface area contributed by atoms with Crippen LogP contribution in [0.2, 0.25) is 5.02 Å². The Hall–Kier alpha value is -2.77. The van der Waals surface area contributed by atoms with Gasteiger partial charge < -0.3 is 10.6 Å². The fraction of sp³-hybridized carbons (Fsp3) is 0.200. The van der Waals surface area contributed by atoms with E-state index in [9.17, 15) is 4.79 Å². The van der Waals surface area contributed by atoms with Crippen molar-refractivity contribution in [1.29, 1.82) is 5.26 Å². The maximum atomic E-state index is 12.0. The molecule has 0 heterocycles. The van der Waals surface area contributed by atoms with Crippen LogP contribution < -0.4 is 10.6 Å². The number of nitrogens with one attached hydrogen (secondary N) is 2. The van der Waals surface area contributed by atoms with Crippen molar-refractivity contribution in [2.45, 2.75) is 12.8 Å². The van der Waals surface area contributed by atoms with Gasteiger partial charge in [0.2, 0.25) is 0 Å². The Morgan fingerprint density at radius 3 is 2.48 bits per heavy atom. The molecule has 25 heavy (non-hydrogen) atoms. The molecule has 0 aliphatic heterocycles. The Kier molecular flexibility index (Phi) is 7.55. The molecule has 0 saturated heterocycles. The van der Waals surface area contributed by atoms with Crippen molar-refractivity contribution in [1.82, 2.24) is 10.6 Å². The predicted octanol–water partition coefficient (Wildman–Crippen LogP) is 3.24. The van der Waals surface area contributed by atoms with Gasteiger partial charge in [0, 0.05) is 24.3 Å². The van der Waals surface area contributed by atoms with Gasteiger partial charge in [-0.2, -0.15) is 5.26 Å². The number of amides is 1. The van der Waals surface area contributed by atoms with Crippen molar-refractivity contribution in [3.8, 4) is 6.07 Å². The van der Waals surface area contributed by atoms with E-state index in [0.717, 1.165) is 17.5 Å². The summed E-state index contributed by atoms with van der Waals surface area (Å²) in [5.41, 5.74) is 2.23. The van der Waals surface area contributed by atoms with Gasteiger partial charge in [-0.05, 0) is 30.0 Å². The number of hydrogen-bond acceptors (Lipinski definition) is 3. The van der Waals surface area contributed by atoms with Crippen LogP contribution in [0.1, 0.15) is 11.1 Å². The predicted molar refractivity (Wildman–Crippen MR) is 100 cm³/mol. The second-order valence-electron chi connectivity index (χ2n) is 5.46. The van der Waals surface area contributed by atoms with E-state index in [-0.39, 0.29) is 11.5 Å². The molecule has 0 unspecified atom stereocenters. The lowest BCUT2D eigenvalue weighted by Gasteiger charge is -2.06. The third-order valence-electron chi connectivity index (χ3n) is 3.65. The van der Waals surface area contributed by atoms with Gasteiger partial charge in [0.05, 0.1) is 0 Å². The second kappa shape index (κ2) is 10.2. The molecule has 1 amide bonds. The number of carbonyl (C=O) groups is 1. The highest BCUT2D eigenvalue weighted by molar-refractivity contribution is 6.31. The largest absolute Gasteiger partial charge is 0.389 e. The minimum Gasteiger partial charge on any atom is -0.389 e. The van der Waals surface area contributed by atoms with Crippen LogP contribution in [0.4, 0.5) is 0 Å². The Morgan fingerprint density at radius 1 is 1.04 bits per heavy atom. The van der Waals surface area contributed by atoms with Crippen molar-refractivity contribution in [3.63, 3.8) is 0 Å². The Balaban J connectivity index is 1.76. The van der Waals surface area contributed by atoms with E-state index in [4.69, 9.17) is 16.9 Å². The number of nitrogens with zero attached hydrogens (tertiary/aromatic N) is 1. The zero-order chi connectivity index (χ0) is 17.9. The number of rotatable bonds is 8. The van der Waals surface area contributed by atoms with Crippen molar-refractivity contribution < 1.29 is 4.79 Å². The first-order chi connectivity index (χ1) is 12.2. The summed E-state index contributed by atoms with van der Waals surface area (Å²) in [6.07, 6.45) is 2.89. The van der Waals surface area contributed by atoms with Crippen LogP contribution in [-0.2, 0) is 17.6 Å². The first-order valence-electron chi connectivity index (χ1n) is 8.10. The molecule has 0 saturated carbocycles. The highest BCUT2D eigenvalue weighted by Gasteiger charge is 2.07. The number of carbonyl (C=O) groups excluding carboxylic acids is 1. The lowest BCUT2D eigenvalue weighted by molar-refractivity contribution is -0.117. The maximum Gasteiger partial charge on any atom is 0.263 e. The Bertz CT molecular complexity index is 766. The number of hydrogen-bond donors (Lipinski definition) is 2. The maximum absolute atomic E-state index is 12.0. The Morgan fingerprint density at radius 2 is 1.76 bits per heavy atom. The minimum atomic E-state index is -0.372. The molecule has 0 aliphatic rings. The molecule has 2 N–H and O–H groups in total. The van der Waals surface area contributed by atoms with Crippen LogP contribution in [-0.4, -0.2) is 19.0 Å². The number of nitriles is 1. The van der Waals surface area contributed by atoms with Crippen molar-refractivity contribution in [2.75, 3.05) is 13.1 Å². The van der Waals surface area contributed by atoms with Crippen LogP contribution in [0.5, 0.6) is 0 Å². The molecule has 4 nitrogen and oxygen atoms in total. The van der Waals surface area contributed by atoms with Gasteiger partial charge in [0.25, 0.3) is 5.91 Å².